The van der Waals surface area contributed by atoms with Gasteiger partial charge < -0.3 is 4.57 Å². The molecule has 3 aromatic rings. The predicted molar refractivity (Wildman–Crippen MR) is 85.5 cm³/mol. The van der Waals surface area contributed by atoms with Crippen LogP contribution in [0.4, 0.5) is 0 Å². The standard InChI is InChI=1S/C15H17N5S/c1-4-20-14(16-17-15(20)21)12-9-19(3)18-13(12)11-7-5-10(2)6-8-11/h5-9H,4H2,1-3H3,(H,17,21). The van der Waals surface area contributed by atoms with Crippen molar-refractivity contribution in [2.75, 3.05) is 0 Å². The third kappa shape index (κ3) is 2.42. The van der Waals surface area contributed by atoms with Crippen molar-refractivity contribution in [2.45, 2.75) is 20.4 Å². The summed E-state index contributed by atoms with van der Waals surface area (Å²) >= 11 is 5.27. The Balaban J connectivity index is 2.20. The summed E-state index contributed by atoms with van der Waals surface area (Å²) in [5, 5.41) is 11.8. The van der Waals surface area contributed by atoms with E-state index in [2.05, 4.69) is 53.4 Å². The first-order valence-electron chi connectivity index (χ1n) is 6.86. The molecule has 2 heterocycles. The molecule has 1 aromatic carbocycles. The highest BCUT2D eigenvalue weighted by atomic mass is 32.1. The molecule has 0 amide bonds. The van der Waals surface area contributed by atoms with Crippen molar-refractivity contribution < 1.29 is 0 Å². The second-order valence-electron chi connectivity index (χ2n) is 5.03. The second kappa shape index (κ2) is 5.29. The molecule has 0 saturated heterocycles. The Morgan fingerprint density at radius 1 is 1.24 bits per heavy atom. The zero-order valence-corrected chi connectivity index (χ0v) is 13.1. The zero-order valence-electron chi connectivity index (χ0n) is 12.3. The minimum absolute atomic E-state index is 0.631. The van der Waals surface area contributed by atoms with E-state index < -0.39 is 0 Å². The molecule has 1 N–H and O–H groups in total. The van der Waals surface area contributed by atoms with E-state index >= 15 is 0 Å². The summed E-state index contributed by atoms with van der Waals surface area (Å²) in [5.74, 6) is 0.825. The number of hydrogen-bond donors (Lipinski definition) is 1. The maximum Gasteiger partial charge on any atom is 0.195 e. The lowest BCUT2D eigenvalue weighted by molar-refractivity contribution is 0.754. The van der Waals surface area contributed by atoms with E-state index in [9.17, 15) is 0 Å². The van der Waals surface area contributed by atoms with Crippen LogP contribution in [0.1, 0.15) is 12.5 Å². The molecule has 108 valence electrons. The number of nitrogens with one attached hydrogen (secondary N) is 1. The summed E-state index contributed by atoms with van der Waals surface area (Å²) < 4.78 is 4.41. The average Bonchev–Trinajstić information content (AvgIpc) is 3.02. The van der Waals surface area contributed by atoms with Crippen molar-refractivity contribution in [3.63, 3.8) is 0 Å². The number of aromatic amines is 1. The molecule has 0 aliphatic rings. The SMILES string of the molecule is CCn1c(-c2cn(C)nc2-c2ccc(C)cc2)n[nH]c1=S. The van der Waals surface area contributed by atoms with Crippen LogP contribution in [0.5, 0.6) is 0 Å². The first-order chi connectivity index (χ1) is 10.1. The van der Waals surface area contributed by atoms with E-state index in [1.165, 1.54) is 5.56 Å². The Morgan fingerprint density at radius 2 is 1.95 bits per heavy atom. The predicted octanol–water partition coefficient (Wildman–Crippen LogP) is 3.34. The summed E-state index contributed by atoms with van der Waals surface area (Å²) in [4.78, 5) is 0. The van der Waals surface area contributed by atoms with E-state index in [-0.39, 0.29) is 0 Å². The Bertz CT molecular complexity index is 823. The Hall–Kier alpha value is -2.21. The number of hydrogen-bond acceptors (Lipinski definition) is 3. The molecule has 0 aliphatic carbocycles. The summed E-state index contributed by atoms with van der Waals surface area (Å²) in [6.45, 7) is 4.90. The molecule has 6 heteroatoms. The van der Waals surface area contributed by atoms with Crippen LogP contribution in [0.15, 0.2) is 30.5 Å². The summed E-state index contributed by atoms with van der Waals surface area (Å²) in [6, 6.07) is 8.34. The maximum absolute atomic E-state index is 5.27. The van der Waals surface area contributed by atoms with Crippen LogP contribution in [0, 0.1) is 11.7 Å². The molecule has 0 atom stereocenters. The van der Waals surface area contributed by atoms with Crippen molar-refractivity contribution in [3.8, 4) is 22.6 Å². The van der Waals surface area contributed by atoms with E-state index in [1.54, 1.807) is 0 Å². The Labute approximate surface area is 128 Å². The quantitative estimate of drug-likeness (QED) is 0.755. The Kier molecular flexibility index (Phi) is 3.47. The van der Waals surface area contributed by atoms with Gasteiger partial charge >= 0.3 is 0 Å². The molecule has 0 bridgehead atoms. The fourth-order valence-corrected chi connectivity index (χ4v) is 2.65. The number of nitrogens with zero attached hydrogens (tertiary/aromatic N) is 4. The molecule has 21 heavy (non-hydrogen) atoms. The lowest BCUT2D eigenvalue weighted by atomic mass is 10.1. The van der Waals surface area contributed by atoms with Gasteiger partial charge in [-0.05, 0) is 26.1 Å². The number of benzene rings is 1. The molecule has 0 saturated carbocycles. The van der Waals surface area contributed by atoms with Crippen LogP contribution < -0.4 is 0 Å². The van der Waals surface area contributed by atoms with Crippen molar-refractivity contribution in [2.24, 2.45) is 7.05 Å². The zero-order chi connectivity index (χ0) is 15.0. The molecular weight excluding hydrogens is 282 g/mol. The maximum atomic E-state index is 5.27. The number of aryl methyl sites for hydroxylation is 2. The molecule has 0 fully saturated rings. The van der Waals surface area contributed by atoms with Crippen molar-refractivity contribution >= 4 is 12.2 Å². The van der Waals surface area contributed by atoms with E-state index in [0.717, 1.165) is 29.2 Å². The average molecular weight is 299 g/mol. The molecule has 2 aromatic heterocycles. The van der Waals surface area contributed by atoms with E-state index in [1.807, 2.05) is 22.5 Å². The minimum atomic E-state index is 0.631. The monoisotopic (exact) mass is 299 g/mol. The van der Waals surface area contributed by atoms with Gasteiger partial charge in [0.2, 0.25) is 0 Å². The van der Waals surface area contributed by atoms with Crippen LogP contribution in [-0.2, 0) is 13.6 Å². The van der Waals surface area contributed by atoms with Crippen LogP contribution in [0.3, 0.4) is 0 Å². The lowest BCUT2D eigenvalue weighted by Gasteiger charge is -2.04. The van der Waals surface area contributed by atoms with Gasteiger partial charge in [-0.25, -0.2) is 0 Å². The number of aromatic nitrogens is 5. The topological polar surface area (TPSA) is 51.4 Å². The van der Waals surface area contributed by atoms with Crippen molar-refractivity contribution in [1.29, 1.82) is 0 Å². The van der Waals surface area contributed by atoms with Gasteiger partial charge in [0.15, 0.2) is 10.6 Å². The first kappa shape index (κ1) is 13.8. The highest BCUT2D eigenvalue weighted by molar-refractivity contribution is 7.71. The molecule has 0 radical (unpaired) electrons. The largest absolute Gasteiger partial charge is 0.300 e. The van der Waals surface area contributed by atoms with Gasteiger partial charge in [0.05, 0.1) is 5.56 Å². The van der Waals surface area contributed by atoms with Gasteiger partial charge in [-0.3, -0.25) is 9.78 Å². The van der Waals surface area contributed by atoms with Gasteiger partial charge in [-0.1, -0.05) is 29.8 Å². The molecule has 3 rings (SSSR count). The van der Waals surface area contributed by atoms with Crippen LogP contribution in [-0.4, -0.2) is 24.5 Å². The molecule has 0 aliphatic heterocycles. The van der Waals surface area contributed by atoms with Gasteiger partial charge in [0, 0.05) is 25.4 Å². The van der Waals surface area contributed by atoms with Crippen LogP contribution in [0.25, 0.3) is 22.6 Å². The molecule has 5 nitrogen and oxygen atoms in total. The molecule has 0 unspecified atom stereocenters. The fourth-order valence-electron chi connectivity index (χ4n) is 2.39. The highest BCUT2D eigenvalue weighted by Crippen LogP contribution is 2.29. The van der Waals surface area contributed by atoms with Crippen molar-refractivity contribution in [1.82, 2.24) is 24.5 Å². The number of H-pyrrole nitrogens is 1. The third-order valence-electron chi connectivity index (χ3n) is 3.47. The fraction of sp³-hybridized carbons (Fsp3) is 0.267. The minimum Gasteiger partial charge on any atom is -0.300 e. The molecular formula is C15H17N5S. The summed E-state index contributed by atoms with van der Waals surface area (Å²) in [5.41, 5.74) is 4.21. The third-order valence-corrected chi connectivity index (χ3v) is 3.78. The Morgan fingerprint density at radius 3 is 2.62 bits per heavy atom. The van der Waals surface area contributed by atoms with Gasteiger partial charge in [0.25, 0.3) is 0 Å². The van der Waals surface area contributed by atoms with Crippen LogP contribution in [0.2, 0.25) is 0 Å². The normalized spacial score (nSPS) is 11.0. The van der Waals surface area contributed by atoms with Gasteiger partial charge in [-0.15, -0.1) is 0 Å². The highest BCUT2D eigenvalue weighted by Gasteiger charge is 2.17. The summed E-state index contributed by atoms with van der Waals surface area (Å²) in [6.07, 6.45) is 1.98. The van der Waals surface area contributed by atoms with Crippen molar-refractivity contribution in [3.05, 3.63) is 40.8 Å². The first-order valence-corrected chi connectivity index (χ1v) is 7.27. The molecule has 0 spiro atoms. The number of rotatable bonds is 3. The van der Waals surface area contributed by atoms with E-state index in [0.29, 0.717) is 4.77 Å². The lowest BCUT2D eigenvalue weighted by Crippen LogP contribution is -1.98. The van der Waals surface area contributed by atoms with Gasteiger partial charge in [-0.2, -0.15) is 10.2 Å². The summed E-state index contributed by atoms with van der Waals surface area (Å²) in [7, 11) is 1.92. The van der Waals surface area contributed by atoms with Gasteiger partial charge in [0.1, 0.15) is 5.69 Å². The smallest absolute Gasteiger partial charge is 0.195 e. The van der Waals surface area contributed by atoms with Crippen LogP contribution >= 0.6 is 12.2 Å². The second-order valence-corrected chi connectivity index (χ2v) is 5.41. The van der Waals surface area contributed by atoms with E-state index in [4.69, 9.17) is 12.2 Å².